The van der Waals surface area contributed by atoms with Crippen LogP contribution in [0.3, 0.4) is 0 Å². The summed E-state index contributed by atoms with van der Waals surface area (Å²) in [5.41, 5.74) is 2.52. The Labute approximate surface area is 131 Å². The standard InChI is InChI=1S/C17H21NO.CH2O2/c1-4-14(5-2)15-7-9-16(10-8-15)19-17-11-6-13(3)12-18-17;2-1-3/h6-12,14H,4-5H2,1-3H3;1H,(H,2,3). The Morgan fingerprint density at radius 3 is 2.18 bits per heavy atom. The largest absolute Gasteiger partial charge is 0.483 e. The summed E-state index contributed by atoms with van der Waals surface area (Å²) in [6.45, 7) is 6.23. The second-order valence-corrected chi connectivity index (χ2v) is 4.96. The number of aryl methyl sites for hydroxylation is 1. The second kappa shape index (κ2) is 9.55. The quantitative estimate of drug-likeness (QED) is 0.807. The summed E-state index contributed by atoms with van der Waals surface area (Å²) in [4.78, 5) is 12.6. The highest BCUT2D eigenvalue weighted by Gasteiger charge is 2.06. The SMILES string of the molecule is CCC(CC)c1ccc(Oc2ccc(C)cn2)cc1.O=CO. The Bertz CT molecular complexity index is 546. The van der Waals surface area contributed by atoms with Crippen molar-refractivity contribution in [2.45, 2.75) is 39.5 Å². The van der Waals surface area contributed by atoms with E-state index in [0.29, 0.717) is 11.8 Å². The Kier molecular flexibility index (Phi) is 7.68. The lowest BCUT2D eigenvalue weighted by Crippen LogP contribution is -1.95. The lowest BCUT2D eigenvalue weighted by Gasteiger charge is -2.13. The molecule has 0 atom stereocenters. The molecule has 0 unspecified atom stereocenters. The van der Waals surface area contributed by atoms with Crippen LogP contribution in [-0.2, 0) is 4.79 Å². The molecule has 1 aromatic heterocycles. The smallest absolute Gasteiger partial charge is 0.290 e. The number of rotatable bonds is 5. The molecule has 0 aliphatic carbocycles. The van der Waals surface area contributed by atoms with Crippen LogP contribution in [0.4, 0.5) is 0 Å². The van der Waals surface area contributed by atoms with Crippen LogP contribution in [0, 0.1) is 6.92 Å². The highest BCUT2D eigenvalue weighted by Crippen LogP contribution is 2.26. The molecule has 0 amide bonds. The highest BCUT2D eigenvalue weighted by molar-refractivity contribution is 5.33. The first kappa shape index (κ1) is 17.7. The summed E-state index contributed by atoms with van der Waals surface area (Å²) in [6.07, 6.45) is 4.17. The van der Waals surface area contributed by atoms with Gasteiger partial charge in [-0.25, -0.2) is 4.98 Å². The number of hydrogen-bond donors (Lipinski definition) is 1. The fourth-order valence-corrected chi connectivity index (χ4v) is 2.20. The van der Waals surface area contributed by atoms with Crippen molar-refractivity contribution in [1.29, 1.82) is 0 Å². The summed E-state index contributed by atoms with van der Waals surface area (Å²) in [5.74, 6) is 2.12. The summed E-state index contributed by atoms with van der Waals surface area (Å²) >= 11 is 0. The van der Waals surface area contributed by atoms with E-state index in [0.717, 1.165) is 11.3 Å². The van der Waals surface area contributed by atoms with Crippen LogP contribution in [0.2, 0.25) is 0 Å². The number of aromatic nitrogens is 1. The predicted octanol–water partition coefficient (Wildman–Crippen LogP) is 4.79. The summed E-state index contributed by atoms with van der Waals surface area (Å²) < 4.78 is 5.72. The minimum Gasteiger partial charge on any atom is -0.483 e. The van der Waals surface area contributed by atoms with Gasteiger partial charge in [-0.15, -0.1) is 0 Å². The van der Waals surface area contributed by atoms with Gasteiger partial charge in [-0.3, -0.25) is 4.79 Å². The average molecular weight is 301 g/mol. The number of carbonyl (C=O) groups is 1. The Morgan fingerprint density at radius 1 is 1.14 bits per heavy atom. The van der Waals surface area contributed by atoms with Crippen molar-refractivity contribution in [1.82, 2.24) is 4.98 Å². The third-order valence-corrected chi connectivity index (χ3v) is 3.44. The molecule has 0 bridgehead atoms. The van der Waals surface area contributed by atoms with E-state index in [2.05, 4.69) is 31.0 Å². The topological polar surface area (TPSA) is 59.4 Å². The van der Waals surface area contributed by atoms with E-state index < -0.39 is 0 Å². The lowest BCUT2D eigenvalue weighted by molar-refractivity contribution is -0.122. The Hall–Kier alpha value is -2.36. The molecule has 1 heterocycles. The van der Waals surface area contributed by atoms with Crippen molar-refractivity contribution < 1.29 is 14.6 Å². The highest BCUT2D eigenvalue weighted by atomic mass is 16.5. The maximum Gasteiger partial charge on any atom is 0.290 e. The normalized spacial score (nSPS) is 9.82. The van der Waals surface area contributed by atoms with E-state index in [1.165, 1.54) is 18.4 Å². The summed E-state index contributed by atoms with van der Waals surface area (Å²) in [7, 11) is 0. The fourth-order valence-electron chi connectivity index (χ4n) is 2.20. The monoisotopic (exact) mass is 301 g/mol. The van der Waals surface area contributed by atoms with E-state index in [-0.39, 0.29) is 6.47 Å². The Balaban J connectivity index is 0.000000745. The zero-order valence-electron chi connectivity index (χ0n) is 13.3. The average Bonchev–Trinajstić information content (AvgIpc) is 2.53. The van der Waals surface area contributed by atoms with Crippen molar-refractivity contribution in [3.8, 4) is 11.6 Å². The number of pyridine rings is 1. The molecule has 2 rings (SSSR count). The molecule has 0 spiro atoms. The molecular weight excluding hydrogens is 278 g/mol. The van der Waals surface area contributed by atoms with Crippen molar-refractivity contribution in [2.24, 2.45) is 0 Å². The molecule has 1 aromatic carbocycles. The van der Waals surface area contributed by atoms with Gasteiger partial charge in [0.2, 0.25) is 5.88 Å². The summed E-state index contributed by atoms with van der Waals surface area (Å²) in [5, 5.41) is 6.89. The van der Waals surface area contributed by atoms with E-state index in [1.807, 2.05) is 37.4 Å². The van der Waals surface area contributed by atoms with Gasteiger partial charge in [-0.1, -0.05) is 32.0 Å². The van der Waals surface area contributed by atoms with Crippen LogP contribution in [0.1, 0.15) is 43.7 Å². The first-order chi connectivity index (χ1) is 10.6. The van der Waals surface area contributed by atoms with Crippen LogP contribution < -0.4 is 4.74 Å². The molecule has 118 valence electrons. The van der Waals surface area contributed by atoms with E-state index in [1.54, 1.807) is 0 Å². The van der Waals surface area contributed by atoms with Gasteiger partial charge in [0, 0.05) is 12.3 Å². The van der Waals surface area contributed by atoms with Gasteiger partial charge in [0.1, 0.15) is 5.75 Å². The van der Waals surface area contributed by atoms with Crippen molar-refractivity contribution >= 4 is 6.47 Å². The van der Waals surface area contributed by atoms with Gasteiger partial charge in [0.25, 0.3) is 6.47 Å². The van der Waals surface area contributed by atoms with Gasteiger partial charge in [-0.05, 0) is 48.9 Å². The number of carboxylic acid groups (broad SMARTS) is 1. The number of benzene rings is 1. The first-order valence-electron chi connectivity index (χ1n) is 7.42. The number of nitrogens with zero attached hydrogens (tertiary/aromatic N) is 1. The molecule has 0 aliphatic rings. The van der Waals surface area contributed by atoms with Gasteiger partial charge in [0.05, 0.1) is 0 Å². The van der Waals surface area contributed by atoms with Crippen molar-refractivity contribution in [3.63, 3.8) is 0 Å². The zero-order chi connectivity index (χ0) is 16.4. The zero-order valence-corrected chi connectivity index (χ0v) is 13.3. The third-order valence-electron chi connectivity index (χ3n) is 3.44. The van der Waals surface area contributed by atoms with Crippen LogP contribution in [0.15, 0.2) is 42.6 Å². The molecule has 0 aliphatic heterocycles. The molecule has 1 N–H and O–H groups in total. The molecule has 0 radical (unpaired) electrons. The van der Waals surface area contributed by atoms with Crippen LogP contribution in [0.5, 0.6) is 11.6 Å². The van der Waals surface area contributed by atoms with Crippen LogP contribution in [-0.4, -0.2) is 16.6 Å². The lowest BCUT2D eigenvalue weighted by atomic mass is 9.94. The molecule has 22 heavy (non-hydrogen) atoms. The number of hydrogen-bond acceptors (Lipinski definition) is 3. The molecule has 0 saturated heterocycles. The minimum atomic E-state index is -0.250. The van der Waals surface area contributed by atoms with Crippen molar-refractivity contribution in [3.05, 3.63) is 53.7 Å². The Morgan fingerprint density at radius 2 is 1.73 bits per heavy atom. The van der Waals surface area contributed by atoms with Gasteiger partial charge in [0.15, 0.2) is 0 Å². The third kappa shape index (κ3) is 5.56. The van der Waals surface area contributed by atoms with E-state index in [4.69, 9.17) is 14.6 Å². The molecule has 4 nitrogen and oxygen atoms in total. The van der Waals surface area contributed by atoms with Gasteiger partial charge >= 0.3 is 0 Å². The first-order valence-corrected chi connectivity index (χ1v) is 7.42. The molecular formula is C18H23NO3. The van der Waals surface area contributed by atoms with Crippen LogP contribution >= 0.6 is 0 Å². The van der Waals surface area contributed by atoms with E-state index in [9.17, 15) is 0 Å². The second-order valence-electron chi connectivity index (χ2n) is 4.96. The number of ether oxygens (including phenoxy) is 1. The fraction of sp³-hybridized carbons (Fsp3) is 0.333. The molecule has 0 fully saturated rings. The minimum absolute atomic E-state index is 0.250. The van der Waals surface area contributed by atoms with E-state index >= 15 is 0 Å². The van der Waals surface area contributed by atoms with Gasteiger partial charge < -0.3 is 9.84 Å². The summed E-state index contributed by atoms with van der Waals surface area (Å²) in [6, 6.07) is 12.2. The molecule has 0 saturated carbocycles. The van der Waals surface area contributed by atoms with Gasteiger partial charge in [-0.2, -0.15) is 0 Å². The maximum atomic E-state index is 8.36. The van der Waals surface area contributed by atoms with Crippen LogP contribution in [0.25, 0.3) is 0 Å². The molecule has 2 aromatic rings. The predicted molar refractivity (Wildman–Crippen MR) is 87.5 cm³/mol. The molecule has 4 heteroatoms. The maximum absolute atomic E-state index is 8.36. The van der Waals surface area contributed by atoms with Crippen molar-refractivity contribution in [2.75, 3.05) is 0 Å².